The van der Waals surface area contributed by atoms with E-state index in [1.807, 2.05) is 0 Å². The smallest absolute Gasteiger partial charge is 0.313 e. The van der Waals surface area contributed by atoms with Gasteiger partial charge in [0, 0.05) is 19.3 Å². The van der Waals surface area contributed by atoms with Crippen molar-refractivity contribution in [3.8, 4) is 0 Å². The van der Waals surface area contributed by atoms with Crippen LogP contribution in [0.4, 0.5) is 8.78 Å². The number of esters is 1. The van der Waals surface area contributed by atoms with Gasteiger partial charge in [-0.2, -0.15) is 0 Å². The number of hydrogen-bond acceptors (Lipinski definition) is 3. The standard InChI is InChI=1S/C24H29F2NO3/c1-4-23(5-2,27-3)22-19(25)12-16(13-20(22)26)10-11-24(17-8-6-7-9-17)15-18(28)14-21(29)30-24/h12-13,17H,4-11,14-15H2,1-2H3. The molecule has 1 unspecified atom stereocenters. The summed E-state index contributed by atoms with van der Waals surface area (Å²) in [7, 11) is 0. The molecule has 0 bridgehead atoms. The maximum atomic E-state index is 14.9. The SMILES string of the molecule is [C-]#[N+]C(CC)(CC)c1c(F)cc(CCC2(C3CCCC3)CC(=O)CC(=O)O2)cc1F. The second-order valence-corrected chi connectivity index (χ2v) is 8.70. The van der Waals surface area contributed by atoms with E-state index in [4.69, 9.17) is 11.3 Å². The molecule has 1 atom stereocenters. The maximum Gasteiger partial charge on any atom is 0.313 e. The molecule has 1 saturated heterocycles. The Morgan fingerprint density at radius 1 is 1.17 bits per heavy atom. The van der Waals surface area contributed by atoms with Gasteiger partial charge >= 0.3 is 5.97 Å². The number of cyclic esters (lactones) is 1. The van der Waals surface area contributed by atoms with Crippen molar-refractivity contribution in [3.63, 3.8) is 0 Å². The number of nitrogens with zero attached hydrogens (tertiary/aromatic N) is 1. The van der Waals surface area contributed by atoms with Crippen molar-refractivity contribution in [3.05, 3.63) is 46.3 Å². The quantitative estimate of drug-likeness (QED) is 0.326. The van der Waals surface area contributed by atoms with Gasteiger partial charge in [-0.3, -0.25) is 9.59 Å². The van der Waals surface area contributed by atoms with E-state index in [9.17, 15) is 18.4 Å². The summed E-state index contributed by atoms with van der Waals surface area (Å²) in [5, 5.41) is 0. The molecule has 0 spiro atoms. The molecule has 2 fully saturated rings. The molecule has 162 valence electrons. The van der Waals surface area contributed by atoms with Crippen LogP contribution in [0.25, 0.3) is 4.85 Å². The summed E-state index contributed by atoms with van der Waals surface area (Å²) >= 11 is 0. The molecule has 1 heterocycles. The highest BCUT2D eigenvalue weighted by Gasteiger charge is 2.48. The third-order valence-electron chi connectivity index (χ3n) is 7.04. The number of hydrogen-bond donors (Lipinski definition) is 0. The minimum atomic E-state index is -1.21. The Hall–Kier alpha value is -2.29. The number of carbonyl (C=O) groups excluding carboxylic acids is 2. The molecule has 4 nitrogen and oxygen atoms in total. The van der Waals surface area contributed by atoms with E-state index in [-0.39, 0.29) is 30.1 Å². The van der Waals surface area contributed by atoms with E-state index in [1.54, 1.807) is 13.8 Å². The number of ether oxygens (including phenoxy) is 1. The Kier molecular flexibility index (Phi) is 6.59. The molecule has 6 heteroatoms. The molecule has 3 rings (SSSR count). The highest BCUT2D eigenvalue weighted by molar-refractivity contribution is 5.98. The third kappa shape index (κ3) is 4.12. The number of halogens is 2. The van der Waals surface area contributed by atoms with Crippen LogP contribution < -0.4 is 0 Å². The van der Waals surface area contributed by atoms with Crippen molar-refractivity contribution in [2.75, 3.05) is 0 Å². The highest BCUT2D eigenvalue weighted by Crippen LogP contribution is 2.44. The van der Waals surface area contributed by atoms with E-state index in [2.05, 4.69) is 4.85 Å². The zero-order valence-corrected chi connectivity index (χ0v) is 17.7. The van der Waals surface area contributed by atoms with E-state index >= 15 is 0 Å². The van der Waals surface area contributed by atoms with Crippen molar-refractivity contribution in [2.45, 2.75) is 89.2 Å². The Morgan fingerprint density at radius 2 is 1.77 bits per heavy atom. The van der Waals surface area contributed by atoms with Gasteiger partial charge in [0.05, 0.1) is 0 Å². The van der Waals surface area contributed by atoms with Crippen LogP contribution in [-0.2, 0) is 26.3 Å². The lowest BCUT2D eigenvalue weighted by Crippen LogP contribution is -2.48. The first kappa shape index (κ1) is 22.4. The third-order valence-corrected chi connectivity index (χ3v) is 7.04. The molecule has 1 aliphatic heterocycles. The number of aryl methyl sites for hydroxylation is 1. The van der Waals surface area contributed by atoms with Gasteiger partial charge in [0.2, 0.25) is 0 Å². The zero-order valence-electron chi connectivity index (χ0n) is 17.7. The van der Waals surface area contributed by atoms with Crippen LogP contribution in [0.3, 0.4) is 0 Å². The molecule has 1 aliphatic carbocycles. The van der Waals surface area contributed by atoms with E-state index in [0.717, 1.165) is 25.7 Å². The molecular weight excluding hydrogens is 388 g/mol. The molecule has 0 N–H and O–H groups in total. The summed E-state index contributed by atoms with van der Waals surface area (Å²) in [5.41, 5.74) is -1.80. The van der Waals surface area contributed by atoms with E-state index in [0.29, 0.717) is 31.2 Å². The molecule has 2 aliphatic rings. The lowest BCUT2D eigenvalue weighted by Gasteiger charge is -2.41. The van der Waals surface area contributed by atoms with Crippen LogP contribution in [-0.4, -0.2) is 17.4 Å². The lowest BCUT2D eigenvalue weighted by molar-refractivity contribution is -0.178. The first-order chi connectivity index (χ1) is 14.3. The number of rotatable bonds is 7. The van der Waals surface area contributed by atoms with Crippen molar-refractivity contribution in [1.82, 2.24) is 0 Å². The highest BCUT2D eigenvalue weighted by atomic mass is 19.1. The molecule has 1 aromatic carbocycles. The number of Topliss-reactive ketones (excluding diaryl/α,β-unsaturated/α-hetero) is 1. The van der Waals surface area contributed by atoms with Crippen molar-refractivity contribution >= 4 is 11.8 Å². The fraction of sp³-hybridized carbons (Fsp3) is 0.625. The molecule has 1 aromatic rings. The summed E-state index contributed by atoms with van der Waals surface area (Å²) in [5.74, 6) is -1.94. The minimum Gasteiger partial charge on any atom is -0.458 e. The largest absolute Gasteiger partial charge is 0.458 e. The number of carbonyl (C=O) groups is 2. The van der Waals surface area contributed by atoms with Crippen LogP contribution in [0.5, 0.6) is 0 Å². The van der Waals surface area contributed by atoms with Gasteiger partial charge in [0.25, 0.3) is 5.54 Å². The van der Waals surface area contributed by atoms with Crippen LogP contribution in [0.15, 0.2) is 12.1 Å². The summed E-state index contributed by atoms with van der Waals surface area (Å²) in [6.07, 6.45) is 5.14. The van der Waals surface area contributed by atoms with Gasteiger partial charge < -0.3 is 9.58 Å². The fourth-order valence-corrected chi connectivity index (χ4v) is 5.27. The Bertz CT molecular complexity index is 825. The molecular formula is C24H29F2NO3. The predicted octanol–water partition coefficient (Wildman–Crippen LogP) is 5.67. The van der Waals surface area contributed by atoms with Crippen molar-refractivity contribution in [1.29, 1.82) is 0 Å². The summed E-state index contributed by atoms with van der Waals surface area (Å²) in [4.78, 5) is 27.8. The molecule has 1 saturated carbocycles. The number of ketones is 1. The second kappa shape index (κ2) is 8.83. The second-order valence-electron chi connectivity index (χ2n) is 8.70. The van der Waals surface area contributed by atoms with Gasteiger partial charge in [-0.25, -0.2) is 15.4 Å². The maximum absolute atomic E-state index is 14.9. The van der Waals surface area contributed by atoms with E-state index in [1.165, 1.54) is 12.1 Å². The number of benzene rings is 1. The Balaban J connectivity index is 1.87. The Labute approximate surface area is 176 Å². The lowest BCUT2D eigenvalue weighted by atomic mass is 9.76. The van der Waals surface area contributed by atoms with Gasteiger partial charge in [0.15, 0.2) is 0 Å². The molecule has 0 amide bonds. The summed E-state index contributed by atoms with van der Waals surface area (Å²) < 4.78 is 35.6. The van der Waals surface area contributed by atoms with Gasteiger partial charge in [0.1, 0.15) is 35.0 Å². The van der Waals surface area contributed by atoms with Crippen LogP contribution in [0, 0.1) is 24.1 Å². The summed E-state index contributed by atoms with van der Waals surface area (Å²) in [6.45, 7) is 11.0. The minimum absolute atomic E-state index is 0.106. The van der Waals surface area contributed by atoms with Gasteiger partial charge in [-0.05, 0) is 49.3 Å². The first-order valence-corrected chi connectivity index (χ1v) is 10.9. The molecule has 0 radical (unpaired) electrons. The van der Waals surface area contributed by atoms with Crippen molar-refractivity contribution < 1.29 is 23.1 Å². The van der Waals surface area contributed by atoms with Crippen LogP contribution in [0.2, 0.25) is 0 Å². The predicted molar refractivity (Wildman–Crippen MR) is 109 cm³/mol. The Morgan fingerprint density at radius 3 is 2.27 bits per heavy atom. The average molecular weight is 417 g/mol. The van der Waals surface area contributed by atoms with E-state index < -0.39 is 28.7 Å². The fourth-order valence-electron chi connectivity index (χ4n) is 5.27. The van der Waals surface area contributed by atoms with Crippen LogP contribution >= 0.6 is 0 Å². The van der Waals surface area contributed by atoms with Gasteiger partial charge in [-0.15, -0.1) is 0 Å². The van der Waals surface area contributed by atoms with Crippen LogP contribution in [0.1, 0.15) is 82.8 Å². The molecule has 0 aromatic heterocycles. The molecule has 30 heavy (non-hydrogen) atoms. The monoisotopic (exact) mass is 417 g/mol. The topological polar surface area (TPSA) is 47.7 Å². The normalized spacial score (nSPS) is 22.8. The van der Waals surface area contributed by atoms with Gasteiger partial charge in [-0.1, -0.05) is 26.7 Å². The average Bonchev–Trinajstić information content (AvgIpc) is 3.24. The van der Waals surface area contributed by atoms with Crippen molar-refractivity contribution in [2.24, 2.45) is 5.92 Å². The first-order valence-electron chi connectivity index (χ1n) is 10.9. The summed E-state index contributed by atoms with van der Waals surface area (Å²) in [6, 6.07) is 2.58. The zero-order chi connectivity index (χ0) is 21.9.